The van der Waals surface area contributed by atoms with E-state index in [4.69, 9.17) is 16.4 Å². The Morgan fingerprint density at radius 1 is 1.10 bits per heavy atom. The lowest BCUT2D eigenvalue weighted by Gasteiger charge is -2.15. The second-order valence-corrected chi connectivity index (χ2v) is 5.02. The SMILES string of the molecule is Nc1cc(Br)ccc1C(=O)ON(N)C(=O)c1ccccc1. The first-order chi connectivity index (χ1) is 9.99. The molecule has 0 aliphatic heterocycles. The molecule has 0 fully saturated rings. The van der Waals surface area contributed by atoms with Gasteiger partial charge in [-0.2, -0.15) is 0 Å². The molecule has 0 heterocycles. The topological polar surface area (TPSA) is 98.7 Å². The minimum absolute atomic E-state index is 0.120. The zero-order valence-electron chi connectivity index (χ0n) is 10.8. The number of hydrogen-bond donors (Lipinski definition) is 2. The van der Waals surface area contributed by atoms with Crippen LogP contribution in [-0.4, -0.2) is 17.0 Å². The summed E-state index contributed by atoms with van der Waals surface area (Å²) in [4.78, 5) is 28.7. The number of rotatable bonds is 2. The molecule has 0 aromatic heterocycles. The highest BCUT2D eigenvalue weighted by molar-refractivity contribution is 9.10. The molecule has 1 amide bonds. The molecule has 0 bridgehead atoms. The maximum atomic E-state index is 11.9. The highest BCUT2D eigenvalue weighted by atomic mass is 79.9. The smallest absolute Gasteiger partial charge is 0.367 e. The van der Waals surface area contributed by atoms with Crippen molar-refractivity contribution >= 4 is 33.5 Å². The average molecular weight is 350 g/mol. The number of amides is 1. The summed E-state index contributed by atoms with van der Waals surface area (Å²) in [6.07, 6.45) is 0. The number of anilines is 1. The lowest BCUT2D eigenvalue weighted by atomic mass is 10.2. The van der Waals surface area contributed by atoms with Crippen molar-refractivity contribution in [3.8, 4) is 0 Å². The van der Waals surface area contributed by atoms with Crippen LogP contribution in [0, 0.1) is 0 Å². The summed E-state index contributed by atoms with van der Waals surface area (Å²) in [5, 5.41) is 0.388. The van der Waals surface area contributed by atoms with Gasteiger partial charge in [-0.1, -0.05) is 39.3 Å². The van der Waals surface area contributed by atoms with Gasteiger partial charge in [-0.25, -0.2) is 10.6 Å². The molecule has 21 heavy (non-hydrogen) atoms. The molecular formula is C14H12BrN3O3. The van der Waals surface area contributed by atoms with E-state index in [0.29, 0.717) is 10.7 Å². The first kappa shape index (κ1) is 15.0. The Morgan fingerprint density at radius 2 is 1.76 bits per heavy atom. The molecule has 7 heteroatoms. The Kier molecular flexibility index (Phi) is 4.56. The highest BCUT2D eigenvalue weighted by Gasteiger charge is 2.19. The van der Waals surface area contributed by atoms with E-state index in [0.717, 1.165) is 4.47 Å². The molecule has 6 nitrogen and oxygen atoms in total. The van der Waals surface area contributed by atoms with Gasteiger partial charge in [0.25, 0.3) is 0 Å². The molecule has 4 N–H and O–H groups in total. The molecule has 108 valence electrons. The van der Waals surface area contributed by atoms with Gasteiger partial charge in [0.1, 0.15) is 0 Å². The van der Waals surface area contributed by atoms with Gasteiger partial charge < -0.3 is 10.6 Å². The Hall–Kier alpha value is -2.38. The third-order valence-electron chi connectivity index (χ3n) is 2.64. The molecule has 0 aliphatic rings. The van der Waals surface area contributed by atoms with Crippen molar-refractivity contribution in [3.05, 3.63) is 64.1 Å². The number of nitrogen functional groups attached to an aromatic ring is 1. The van der Waals surface area contributed by atoms with E-state index in [2.05, 4.69) is 15.9 Å². The zero-order chi connectivity index (χ0) is 15.4. The minimum atomic E-state index is -0.813. The monoisotopic (exact) mass is 349 g/mol. The van der Waals surface area contributed by atoms with Crippen LogP contribution < -0.4 is 11.6 Å². The minimum Gasteiger partial charge on any atom is -0.398 e. The van der Waals surface area contributed by atoms with Crippen molar-refractivity contribution in [1.82, 2.24) is 5.17 Å². The van der Waals surface area contributed by atoms with Gasteiger partial charge in [-0.3, -0.25) is 4.79 Å². The van der Waals surface area contributed by atoms with E-state index in [1.807, 2.05) is 0 Å². The second-order valence-electron chi connectivity index (χ2n) is 4.11. The maximum absolute atomic E-state index is 11.9. The van der Waals surface area contributed by atoms with Gasteiger partial charge in [0.05, 0.1) is 5.56 Å². The number of hydroxylamine groups is 1. The zero-order valence-corrected chi connectivity index (χ0v) is 12.4. The first-order valence-corrected chi connectivity index (χ1v) is 6.70. The van der Waals surface area contributed by atoms with E-state index >= 15 is 0 Å². The number of benzene rings is 2. The predicted octanol–water partition coefficient (Wildman–Crippen LogP) is 2.12. The number of nitrogens with two attached hydrogens (primary N) is 2. The fourth-order valence-corrected chi connectivity index (χ4v) is 1.99. The molecule has 0 saturated heterocycles. The Morgan fingerprint density at radius 3 is 2.38 bits per heavy atom. The molecular weight excluding hydrogens is 338 g/mol. The molecule has 2 rings (SSSR count). The van der Waals surface area contributed by atoms with Crippen LogP contribution in [0.3, 0.4) is 0 Å². The van der Waals surface area contributed by atoms with E-state index in [9.17, 15) is 9.59 Å². The van der Waals surface area contributed by atoms with Crippen molar-refractivity contribution in [3.63, 3.8) is 0 Å². The van der Waals surface area contributed by atoms with Crippen LogP contribution in [-0.2, 0) is 4.84 Å². The van der Waals surface area contributed by atoms with E-state index in [1.165, 1.54) is 6.07 Å². The largest absolute Gasteiger partial charge is 0.398 e. The summed E-state index contributed by atoms with van der Waals surface area (Å²) in [5.74, 6) is 4.01. The summed E-state index contributed by atoms with van der Waals surface area (Å²) in [7, 11) is 0. The Labute approximate surface area is 129 Å². The van der Waals surface area contributed by atoms with Crippen molar-refractivity contribution in [2.24, 2.45) is 5.84 Å². The van der Waals surface area contributed by atoms with Gasteiger partial charge in [-0.15, -0.1) is 0 Å². The molecule has 0 spiro atoms. The van der Waals surface area contributed by atoms with Crippen molar-refractivity contribution < 1.29 is 14.4 Å². The van der Waals surface area contributed by atoms with Crippen LogP contribution >= 0.6 is 15.9 Å². The molecule has 2 aromatic rings. The van der Waals surface area contributed by atoms with Crippen LogP contribution in [0.4, 0.5) is 5.69 Å². The third kappa shape index (κ3) is 3.59. The van der Waals surface area contributed by atoms with Crippen LogP contribution in [0.1, 0.15) is 20.7 Å². The molecule has 2 aromatic carbocycles. The van der Waals surface area contributed by atoms with Gasteiger partial charge >= 0.3 is 11.9 Å². The summed E-state index contributed by atoms with van der Waals surface area (Å²) >= 11 is 3.23. The molecule has 0 saturated carbocycles. The molecule has 0 unspecified atom stereocenters. The van der Waals surface area contributed by atoms with Gasteiger partial charge in [0.15, 0.2) is 0 Å². The lowest BCUT2D eigenvalue weighted by molar-refractivity contribution is -0.0828. The number of carbonyl (C=O) groups is 2. The summed E-state index contributed by atoms with van der Waals surface area (Å²) < 4.78 is 0.724. The number of hydrazine groups is 1. The van der Waals surface area contributed by atoms with Crippen LogP contribution in [0.25, 0.3) is 0 Å². The summed E-state index contributed by atoms with van der Waals surface area (Å²) in [6.45, 7) is 0. The maximum Gasteiger partial charge on any atom is 0.367 e. The van der Waals surface area contributed by atoms with Crippen molar-refractivity contribution in [2.45, 2.75) is 0 Å². The predicted molar refractivity (Wildman–Crippen MR) is 80.8 cm³/mol. The molecule has 0 atom stereocenters. The van der Waals surface area contributed by atoms with Crippen molar-refractivity contribution in [1.29, 1.82) is 0 Å². The normalized spacial score (nSPS) is 10.0. The average Bonchev–Trinajstić information content (AvgIpc) is 2.47. The number of nitrogens with zero attached hydrogens (tertiary/aromatic N) is 1. The molecule has 0 radical (unpaired) electrons. The van der Waals surface area contributed by atoms with E-state index in [-0.39, 0.29) is 11.3 Å². The quantitative estimate of drug-likeness (QED) is 0.374. The number of hydrogen-bond acceptors (Lipinski definition) is 5. The second kappa shape index (κ2) is 6.38. The first-order valence-electron chi connectivity index (χ1n) is 5.90. The fraction of sp³-hybridized carbons (Fsp3) is 0. The lowest BCUT2D eigenvalue weighted by Crippen LogP contribution is -2.39. The third-order valence-corrected chi connectivity index (χ3v) is 3.13. The van der Waals surface area contributed by atoms with Crippen LogP contribution in [0.15, 0.2) is 53.0 Å². The van der Waals surface area contributed by atoms with Gasteiger partial charge in [-0.05, 0) is 30.3 Å². The van der Waals surface area contributed by atoms with Crippen LogP contribution in [0.5, 0.6) is 0 Å². The van der Waals surface area contributed by atoms with Crippen LogP contribution in [0.2, 0.25) is 0 Å². The summed E-state index contributed by atoms with van der Waals surface area (Å²) in [6, 6.07) is 12.9. The number of halogens is 1. The standard InChI is InChI=1S/C14H12BrN3O3/c15-10-6-7-11(12(16)8-10)14(20)21-18(17)13(19)9-4-2-1-3-5-9/h1-8H,16-17H2. The number of carbonyl (C=O) groups excluding carboxylic acids is 2. The Bertz CT molecular complexity index is 676. The van der Waals surface area contributed by atoms with Crippen molar-refractivity contribution in [2.75, 3.05) is 5.73 Å². The fourth-order valence-electron chi connectivity index (χ4n) is 1.61. The highest BCUT2D eigenvalue weighted by Crippen LogP contribution is 2.19. The van der Waals surface area contributed by atoms with E-state index < -0.39 is 11.9 Å². The van der Waals surface area contributed by atoms with E-state index in [1.54, 1.807) is 42.5 Å². The van der Waals surface area contributed by atoms with Gasteiger partial charge in [0.2, 0.25) is 0 Å². The Balaban J connectivity index is 2.10. The molecule has 0 aliphatic carbocycles. The summed E-state index contributed by atoms with van der Waals surface area (Å²) in [5.41, 5.74) is 6.35. The van der Waals surface area contributed by atoms with Gasteiger partial charge in [0, 0.05) is 15.7 Å².